The maximum atomic E-state index is 5.05. The molecule has 1 aliphatic carbocycles. The van der Waals surface area contributed by atoms with E-state index in [-0.39, 0.29) is 0 Å². The number of hydrogen-bond donors (Lipinski definition) is 0. The van der Waals surface area contributed by atoms with Crippen molar-refractivity contribution in [2.75, 3.05) is 13.7 Å². The monoisotopic (exact) mass is 238 g/mol. The maximum absolute atomic E-state index is 5.05. The lowest BCUT2D eigenvalue weighted by Crippen LogP contribution is -2.13. The second-order valence-corrected chi connectivity index (χ2v) is 4.85. The molecule has 2 rings (SSSR count). The molecule has 0 spiro atoms. The Labute approximate surface area is 103 Å². The quantitative estimate of drug-likeness (QED) is 0.758. The smallest absolute Gasteiger partial charge is 0.151 e. The summed E-state index contributed by atoms with van der Waals surface area (Å²) in [7, 11) is 1.70. The van der Waals surface area contributed by atoms with E-state index in [0.717, 1.165) is 24.7 Å². The topological polar surface area (TPSA) is 52.8 Å². The standard InChI is InChI=1S/C12H22N4O/c1-17-10-9-16-12(13-14-15-16)8-7-11-5-3-2-4-6-11/h11H,2-10H2,1H3. The van der Waals surface area contributed by atoms with Crippen LogP contribution in [0.15, 0.2) is 0 Å². The second kappa shape index (κ2) is 6.69. The van der Waals surface area contributed by atoms with E-state index in [9.17, 15) is 0 Å². The molecule has 1 heterocycles. The minimum Gasteiger partial charge on any atom is -0.383 e. The third-order valence-electron chi connectivity index (χ3n) is 3.61. The van der Waals surface area contributed by atoms with Crippen LogP contribution in [0.4, 0.5) is 0 Å². The second-order valence-electron chi connectivity index (χ2n) is 4.85. The van der Waals surface area contributed by atoms with Crippen LogP contribution in [0.3, 0.4) is 0 Å². The molecular weight excluding hydrogens is 216 g/mol. The van der Waals surface area contributed by atoms with Gasteiger partial charge in [-0.05, 0) is 22.8 Å². The van der Waals surface area contributed by atoms with E-state index in [2.05, 4.69) is 15.5 Å². The van der Waals surface area contributed by atoms with Gasteiger partial charge in [-0.3, -0.25) is 0 Å². The predicted molar refractivity (Wildman–Crippen MR) is 64.6 cm³/mol. The van der Waals surface area contributed by atoms with Gasteiger partial charge in [0.1, 0.15) is 0 Å². The van der Waals surface area contributed by atoms with Crippen LogP contribution >= 0.6 is 0 Å². The molecule has 1 saturated carbocycles. The van der Waals surface area contributed by atoms with E-state index in [4.69, 9.17) is 4.74 Å². The maximum Gasteiger partial charge on any atom is 0.151 e. The van der Waals surface area contributed by atoms with Crippen LogP contribution in [0, 0.1) is 5.92 Å². The summed E-state index contributed by atoms with van der Waals surface area (Å²) in [4.78, 5) is 0. The molecule has 0 bridgehead atoms. The van der Waals surface area contributed by atoms with Crippen LogP contribution in [0.5, 0.6) is 0 Å². The lowest BCUT2D eigenvalue weighted by atomic mass is 9.86. The fraction of sp³-hybridized carbons (Fsp3) is 0.917. The van der Waals surface area contributed by atoms with Crippen molar-refractivity contribution in [2.45, 2.75) is 51.5 Å². The van der Waals surface area contributed by atoms with Crippen LogP contribution in [0.1, 0.15) is 44.3 Å². The fourth-order valence-corrected chi connectivity index (χ4v) is 2.56. The Bertz CT molecular complexity index is 320. The van der Waals surface area contributed by atoms with Crippen molar-refractivity contribution in [1.29, 1.82) is 0 Å². The first-order valence-corrected chi connectivity index (χ1v) is 6.64. The summed E-state index contributed by atoms with van der Waals surface area (Å²) >= 11 is 0. The Hall–Kier alpha value is -0.970. The number of methoxy groups -OCH3 is 1. The largest absolute Gasteiger partial charge is 0.383 e. The van der Waals surface area contributed by atoms with Gasteiger partial charge in [0, 0.05) is 13.5 Å². The molecule has 5 nitrogen and oxygen atoms in total. The van der Waals surface area contributed by atoms with Gasteiger partial charge >= 0.3 is 0 Å². The molecule has 1 fully saturated rings. The molecule has 0 aliphatic heterocycles. The molecule has 0 unspecified atom stereocenters. The molecule has 0 aromatic carbocycles. The first-order valence-electron chi connectivity index (χ1n) is 6.64. The fourth-order valence-electron chi connectivity index (χ4n) is 2.56. The Kier molecular flexibility index (Phi) is 4.91. The van der Waals surface area contributed by atoms with E-state index < -0.39 is 0 Å². The molecule has 1 aliphatic rings. The minimum atomic E-state index is 0.668. The molecule has 1 aromatic heterocycles. The van der Waals surface area contributed by atoms with Crippen molar-refractivity contribution in [3.8, 4) is 0 Å². The number of aryl methyl sites for hydroxylation is 1. The van der Waals surface area contributed by atoms with Crippen LogP contribution in [-0.2, 0) is 17.7 Å². The summed E-state index contributed by atoms with van der Waals surface area (Å²) in [5.41, 5.74) is 0. The van der Waals surface area contributed by atoms with Crippen LogP contribution in [0.2, 0.25) is 0 Å². The van der Waals surface area contributed by atoms with E-state index in [1.165, 1.54) is 38.5 Å². The summed E-state index contributed by atoms with van der Waals surface area (Å²) in [6.07, 6.45) is 9.23. The molecule has 5 heteroatoms. The van der Waals surface area contributed by atoms with Crippen LogP contribution in [-0.4, -0.2) is 33.9 Å². The minimum absolute atomic E-state index is 0.668. The third kappa shape index (κ3) is 3.77. The van der Waals surface area contributed by atoms with Gasteiger partial charge in [0.2, 0.25) is 0 Å². The van der Waals surface area contributed by atoms with Crippen LogP contribution < -0.4 is 0 Å². The van der Waals surface area contributed by atoms with E-state index in [1.54, 1.807) is 7.11 Å². The van der Waals surface area contributed by atoms with Gasteiger partial charge in [0.15, 0.2) is 5.82 Å². The Morgan fingerprint density at radius 1 is 1.29 bits per heavy atom. The van der Waals surface area contributed by atoms with Gasteiger partial charge in [0.25, 0.3) is 0 Å². The first-order chi connectivity index (χ1) is 8.40. The Balaban J connectivity index is 1.79. The summed E-state index contributed by atoms with van der Waals surface area (Å²) in [5, 5.41) is 11.8. The van der Waals surface area contributed by atoms with Gasteiger partial charge < -0.3 is 4.74 Å². The third-order valence-corrected chi connectivity index (χ3v) is 3.61. The summed E-state index contributed by atoms with van der Waals surface area (Å²) < 4.78 is 6.92. The lowest BCUT2D eigenvalue weighted by Gasteiger charge is -2.20. The molecular formula is C12H22N4O. The molecule has 1 aromatic rings. The highest BCUT2D eigenvalue weighted by atomic mass is 16.5. The highest BCUT2D eigenvalue weighted by Gasteiger charge is 2.15. The Morgan fingerprint density at radius 3 is 2.88 bits per heavy atom. The zero-order valence-corrected chi connectivity index (χ0v) is 10.6. The molecule has 0 amide bonds. The van der Waals surface area contributed by atoms with Gasteiger partial charge in [-0.15, -0.1) is 5.10 Å². The van der Waals surface area contributed by atoms with Gasteiger partial charge in [-0.1, -0.05) is 32.1 Å². The summed E-state index contributed by atoms with van der Waals surface area (Å²) in [6, 6.07) is 0. The zero-order valence-electron chi connectivity index (χ0n) is 10.6. The lowest BCUT2D eigenvalue weighted by molar-refractivity contribution is 0.181. The van der Waals surface area contributed by atoms with Crippen molar-refractivity contribution in [2.24, 2.45) is 5.92 Å². The van der Waals surface area contributed by atoms with Crippen molar-refractivity contribution in [3.05, 3.63) is 5.82 Å². The molecule has 0 saturated heterocycles. The molecule has 0 atom stereocenters. The van der Waals surface area contributed by atoms with E-state index in [1.807, 2.05) is 4.68 Å². The Morgan fingerprint density at radius 2 is 2.12 bits per heavy atom. The van der Waals surface area contributed by atoms with Crippen molar-refractivity contribution < 1.29 is 4.74 Å². The number of rotatable bonds is 6. The number of tetrazole rings is 1. The SMILES string of the molecule is COCCn1nnnc1CCC1CCCCC1. The highest BCUT2D eigenvalue weighted by Crippen LogP contribution is 2.27. The highest BCUT2D eigenvalue weighted by molar-refractivity contribution is 4.82. The molecule has 0 radical (unpaired) electrons. The van der Waals surface area contributed by atoms with E-state index in [0.29, 0.717) is 6.61 Å². The number of ether oxygens (including phenoxy) is 1. The van der Waals surface area contributed by atoms with Gasteiger partial charge in [0.05, 0.1) is 13.2 Å². The molecule has 17 heavy (non-hydrogen) atoms. The number of nitrogens with zero attached hydrogens (tertiary/aromatic N) is 4. The number of hydrogen-bond acceptors (Lipinski definition) is 4. The normalized spacial score (nSPS) is 17.5. The van der Waals surface area contributed by atoms with Gasteiger partial charge in [-0.2, -0.15) is 0 Å². The predicted octanol–water partition coefficient (Wildman–Crippen LogP) is 1.83. The molecule has 0 N–H and O–H groups in total. The van der Waals surface area contributed by atoms with E-state index >= 15 is 0 Å². The zero-order chi connectivity index (χ0) is 11.9. The van der Waals surface area contributed by atoms with Crippen molar-refractivity contribution in [1.82, 2.24) is 20.2 Å². The summed E-state index contributed by atoms with van der Waals surface area (Å²) in [5.74, 6) is 1.89. The molecule has 96 valence electrons. The van der Waals surface area contributed by atoms with Crippen molar-refractivity contribution in [3.63, 3.8) is 0 Å². The van der Waals surface area contributed by atoms with Crippen LogP contribution in [0.25, 0.3) is 0 Å². The number of aromatic nitrogens is 4. The van der Waals surface area contributed by atoms with Gasteiger partial charge in [-0.25, -0.2) is 4.68 Å². The summed E-state index contributed by atoms with van der Waals surface area (Å²) in [6.45, 7) is 1.42. The van der Waals surface area contributed by atoms with Crippen molar-refractivity contribution >= 4 is 0 Å². The first kappa shape index (κ1) is 12.5. The average Bonchev–Trinajstić information content (AvgIpc) is 2.82. The average molecular weight is 238 g/mol.